The van der Waals surface area contributed by atoms with Crippen LogP contribution in [0.25, 0.3) is 0 Å². The summed E-state index contributed by atoms with van der Waals surface area (Å²) >= 11 is 10.0. The van der Waals surface area contributed by atoms with E-state index in [9.17, 15) is 4.79 Å². The SMILES string of the molecule is N#Cc1[nH]ccc(=S)c1C(=O)Cl. The van der Waals surface area contributed by atoms with E-state index in [4.69, 9.17) is 29.1 Å². The summed E-state index contributed by atoms with van der Waals surface area (Å²) in [6, 6.07) is 3.30. The fourth-order valence-electron chi connectivity index (χ4n) is 0.763. The van der Waals surface area contributed by atoms with Crippen LogP contribution in [0.5, 0.6) is 0 Å². The van der Waals surface area contributed by atoms with Gasteiger partial charge < -0.3 is 4.98 Å². The van der Waals surface area contributed by atoms with Crippen LogP contribution in [0.2, 0.25) is 0 Å². The Morgan fingerprint density at radius 2 is 2.42 bits per heavy atom. The zero-order valence-electron chi connectivity index (χ0n) is 5.80. The van der Waals surface area contributed by atoms with Crippen molar-refractivity contribution in [1.82, 2.24) is 4.98 Å². The molecule has 0 spiro atoms. The average molecular weight is 199 g/mol. The van der Waals surface area contributed by atoms with Gasteiger partial charge in [0.25, 0.3) is 5.24 Å². The van der Waals surface area contributed by atoms with E-state index in [-0.39, 0.29) is 15.8 Å². The normalized spacial score (nSPS) is 9.00. The first-order valence-electron chi connectivity index (χ1n) is 2.98. The number of nitriles is 1. The first-order chi connectivity index (χ1) is 5.66. The summed E-state index contributed by atoms with van der Waals surface area (Å²) in [5.41, 5.74) is 0.166. The summed E-state index contributed by atoms with van der Waals surface area (Å²) in [6.07, 6.45) is 1.49. The molecule has 0 bridgehead atoms. The molecule has 5 heteroatoms. The number of halogens is 1. The molecule has 1 N–H and O–H groups in total. The third kappa shape index (κ3) is 1.52. The minimum absolute atomic E-state index is 0.0664. The molecular formula is C7H3ClN2OS. The molecule has 0 aliphatic heterocycles. The van der Waals surface area contributed by atoms with E-state index in [1.807, 2.05) is 0 Å². The van der Waals surface area contributed by atoms with Crippen molar-refractivity contribution in [2.45, 2.75) is 0 Å². The summed E-state index contributed by atoms with van der Waals surface area (Å²) < 4.78 is 0.283. The van der Waals surface area contributed by atoms with E-state index >= 15 is 0 Å². The van der Waals surface area contributed by atoms with Gasteiger partial charge in [-0.2, -0.15) is 5.26 Å². The van der Waals surface area contributed by atoms with Gasteiger partial charge >= 0.3 is 0 Å². The lowest BCUT2D eigenvalue weighted by Crippen LogP contribution is -1.97. The lowest BCUT2D eigenvalue weighted by Gasteiger charge is -1.95. The van der Waals surface area contributed by atoms with Crippen molar-refractivity contribution in [2.24, 2.45) is 0 Å². The Kier molecular flexibility index (Phi) is 2.58. The second kappa shape index (κ2) is 3.48. The molecule has 0 atom stereocenters. The third-order valence-corrected chi connectivity index (χ3v) is 1.80. The number of aromatic amines is 1. The van der Waals surface area contributed by atoms with Crippen LogP contribution in [0.4, 0.5) is 0 Å². The minimum Gasteiger partial charge on any atom is -0.352 e. The number of nitrogens with zero attached hydrogens (tertiary/aromatic N) is 1. The molecule has 0 saturated carbocycles. The maximum absolute atomic E-state index is 10.8. The summed E-state index contributed by atoms with van der Waals surface area (Å²) in [6.45, 7) is 0. The van der Waals surface area contributed by atoms with Gasteiger partial charge in [0.1, 0.15) is 11.8 Å². The number of hydrogen-bond donors (Lipinski definition) is 1. The highest BCUT2D eigenvalue weighted by Gasteiger charge is 2.09. The topological polar surface area (TPSA) is 56.6 Å². The molecule has 1 rings (SSSR count). The van der Waals surface area contributed by atoms with Crippen molar-refractivity contribution in [3.05, 3.63) is 28.0 Å². The Balaban J connectivity index is 3.54. The molecule has 0 saturated heterocycles. The Morgan fingerprint density at radius 3 is 2.83 bits per heavy atom. The van der Waals surface area contributed by atoms with Crippen molar-refractivity contribution in [2.75, 3.05) is 0 Å². The highest BCUT2D eigenvalue weighted by molar-refractivity contribution is 7.71. The summed E-state index contributed by atoms with van der Waals surface area (Å²) in [5.74, 6) is 0. The van der Waals surface area contributed by atoms with E-state index in [1.54, 1.807) is 6.07 Å². The summed E-state index contributed by atoms with van der Waals surface area (Å²) in [7, 11) is 0. The fraction of sp³-hybridized carbons (Fsp3) is 0. The number of hydrogen-bond acceptors (Lipinski definition) is 3. The Hall–Kier alpha value is -1.18. The lowest BCUT2D eigenvalue weighted by molar-refractivity contribution is 0.108. The fourth-order valence-corrected chi connectivity index (χ4v) is 1.28. The second-order valence-electron chi connectivity index (χ2n) is 1.98. The largest absolute Gasteiger partial charge is 0.352 e. The van der Waals surface area contributed by atoms with Crippen LogP contribution in [-0.2, 0) is 0 Å². The van der Waals surface area contributed by atoms with Crippen molar-refractivity contribution in [3.8, 4) is 6.07 Å². The van der Waals surface area contributed by atoms with Crippen molar-refractivity contribution >= 4 is 29.1 Å². The molecule has 60 valence electrons. The monoisotopic (exact) mass is 198 g/mol. The van der Waals surface area contributed by atoms with E-state index < -0.39 is 5.24 Å². The maximum Gasteiger partial charge on any atom is 0.256 e. The van der Waals surface area contributed by atoms with Gasteiger partial charge in [-0.15, -0.1) is 0 Å². The molecule has 0 aromatic carbocycles. The van der Waals surface area contributed by atoms with Gasteiger partial charge in [0.2, 0.25) is 0 Å². The van der Waals surface area contributed by atoms with Gasteiger partial charge in [-0.1, -0.05) is 12.2 Å². The number of H-pyrrole nitrogens is 1. The van der Waals surface area contributed by atoms with Gasteiger partial charge in [0.05, 0.1) is 10.1 Å². The molecule has 1 aromatic rings. The molecule has 0 aliphatic rings. The first-order valence-corrected chi connectivity index (χ1v) is 3.77. The predicted molar refractivity (Wildman–Crippen MR) is 46.5 cm³/mol. The summed E-state index contributed by atoms with van der Waals surface area (Å²) in [5, 5.41) is 7.84. The molecule has 0 radical (unpaired) electrons. The van der Waals surface area contributed by atoms with Gasteiger partial charge in [0.15, 0.2) is 0 Å². The van der Waals surface area contributed by atoms with Gasteiger partial charge in [-0.3, -0.25) is 4.79 Å². The third-order valence-electron chi connectivity index (χ3n) is 1.27. The van der Waals surface area contributed by atoms with Crippen LogP contribution in [0.15, 0.2) is 12.3 Å². The molecule has 0 unspecified atom stereocenters. The Bertz CT molecular complexity index is 418. The van der Waals surface area contributed by atoms with Crippen LogP contribution in [0.3, 0.4) is 0 Å². The molecule has 0 fully saturated rings. The van der Waals surface area contributed by atoms with E-state index in [2.05, 4.69) is 4.98 Å². The number of carbonyl (C=O) groups is 1. The molecule has 1 heterocycles. The summed E-state index contributed by atoms with van der Waals surface area (Å²) in [4.78, 5) is 13.3. The van der Waals surface area contributed by atoms with Crippen LogP contribution in [0.1, 0.15) is 16.1 Å². The molecule has 1 aromatic heterocycles. The number of carbonyl (C=O) groups excluding carboxylic acids is 1. The molecule has 12 heavy (non-hydrogen) atoms. The standard InChI is InChI=1S/C7H3ClN2OS/c8-7(11)6-4(3-9)10-2-1-5(6)12/h1-2H,(H,10,12). The van der Waals surface area contributed by atoms with Gasteiger partial charge in [-0.05, 0) is 17.7 Å². The van der Waals surface area contributed by atoms with E-state index in [1.165, 1.54) is 12.3 Å². The Morgan fingerprint density at radius 1 is 1.75 bits per heavy atom. The smallest absolute Gasteiger partial charge is 0.256 e. The van der Waals surface area contributed by atoms with Crippen molar-refractivity contribution in [1.29, 1.82) is 5.26 Å². The minimum atomic E-state index is -0.714. The van der Waals surface area contributed by atoms with E-state index in [0.717, 1.165) is 0 Å². The lowest BCUT2D eigenvalue weighted by atomic mass is 10.2. The molecule has 0 aliphatic carbocycles. The van der Waals surface area contributed by atoms with Crippen LogP contribution < -0.4 is 0 Å². The second-order valence-corrected chi connectivity index (χ2v) is 2.76. The van der Waals surface area contributed by atoms with Crippen LogP contribution in [0, 0.1) is 15.8 Å². The zero-order valence-corrected chi connectivity index (χ0v) is 7.37. The van der Waals surface area contributed by atoms with Gasteiger partial charge in [-0.25, -0.2) is 0 Å². The molecule has 0 amide bonds. The van der Waals surface area contributed by atoms with Gasteiger partial charge in [0, 0.05) is 6.20 Å². The highest BCUT2D eigenvalue weighted by Crippen LogP contribution is 2.09. The number of nitrogens with one attached hydrogen (secondary N) is 1. The molecule has 3 nitrogen and oxygen atoms in total. The zero-order chi connectivity index (χ0) is 9.14. The first kappa shape index (κ1) is 8.91. The van der Waals surface area contributed by atoms with E-state index in [0.29, 0.717) is 0 Å². The van der Waals surface area contributed by atoms with Crippen LogP contribution in [-0.4, -0.2) is 10.2 Å². The quantitative estimate of drug-likeness (QED) is 0.555. The average Bonchev–Trinajstić information content (AvgIpc) is 2.03. The van der Waals surface area contributed by atoms with Crippen molar-refractivity contribution in [3.63, 3.8) is 0 Å². The number of rotatable bonds is 1. The van der Waals surface area contributed by atoms with Crippen LogP contribution >= 0.6 is 23.8 Å². The maximum atomic E-state index is 10.8. The number of aromatic nitrogens is 1. The highest BCUT2D eigenvalue weighted by atomic mass is 35.5. The molecular weight excluding hydrogens is 196 g/mol. The Labute approximate surface area is 78.6 Å². The number of pyridine rings is 1. The predicted octanol–water partition coefficient (Wildman–Crippen LogP) is 1.99. The van der Waals surface area contributed by atoms with Crippen molar-refractivity contribution < 1.29 is 4.79 Å².